The molecular formula is C28H28F2N4O3S. The number of fused-ring (bicyclic) bond motifs is 1. The first-order chi connectivity index (χ1) is 18.1. The first-order valence-electron chi connectivity index (χ1n) is 12.4. The number of amides is 2. The van der Waals surface area contributed by atoms with Gasteiger partial charge in [-0.15, -0.1) is 0 Å². The van der Waals surface area contributed by atoms with E-state index in [9.17, 15) is 22.6 Å². The van der Waals surface area contributed by atoms with E-state index in [0.717, 1.165) is 30.5 Å². The highest BCUT2D eigenvalue weighted by Crippen LogP contribution is 2.36. The fourth-order valence-corrected chi connectivity index (χ4v) is 6.15. The van der Waals surface area contributed by atoms with Gasteiger partial charge in [-0.2, -0.15) is 0 Å². The predicted octanol–water partition coefficient (Wildman–Crippen LogP) is 4.27. The Labute approximate surface area is 221 Å². The summed E-state index contributed by atoms with van der Waals surface area (Å²) < 4.78 is 41.2. The van der Waals surface area contributed by atoms with Crippen molar-refractivity contribution in [1.29, 1.82) is 0 Å². The number of carbonyl (C=O) groups is 2. The maximum atomic E-state index is 14.1. The molecule has 2 amide bonds. The van der Waals surface area contributed by atoms with E-state index in [1.165, 1.54) is 6.07 Å². The molecule has 4 N–H and O–H groups in total. The molecule has 1 atom stereocenters. The van der Waals surface area contributed by atoms with Crippen molar-refractivity contribution in [2.45, 2.75) is 43.4 Å². The molecule has 0 spiro atoms. The monoisotopic (exact) mass is 538 g/mol. The number of nitrogens with zero attached hydrogens (tertiary/aromatic N) is 1. The largest absolute Gasteiger partial charge is 0.358 e. The van der Waals surface area contributed by atoms with E-state index < -0.39 is 22.4 Å². The molecule has 3 heterocycles. The van der Waals surface area contributed by atoms with Crippen LogP contribution in [0.4, 0.5) is 14.5 Å². The van der Waals surface area contributed by atoms with Gasteiger partial charge in [0.25, 0.3) is 11.8 Å². The Morgan fingerprint density at radius 1 is 1.16 bits per heavy atom. The average Bonchev–Trinajstić information content (AvgIpc) is 3.35. The number of aromatic nitrogens is 1. The number of hydrogen-bond acceptors (Lipinski definition) is 4. The second-order valence-electron chi connectivity index (χ2n) is 9.70. The van der Waals surface area contributed by atoms with Crippen molar-refractivity contribution >= 4 is 40.0 Å². The summed E-state index contributed by atoms with van der Waals surface area (Å²) in [6.45, 7) is 4.87. The number of benzene rings is 2. The van der Waals surface area contributed by atoms with Crippen LogP contribution in [0.3, 0.4) is 0 Å². The molecule has 1 saturated heterocycles. The Morgan fingerprint density at radius 3 is 2.53 bits per heavy atom. The van der Waals surface area contributed by atoms with Crippen molar-refractivity contribution < 1.29 is 22.6 Å². The predicted molar refractivity (Wildman–Crippen MR) is 143 cm³/mol. The van der Waals surface area contributed by atoms with Gasteiger partial charge in [0, 0.05) is 52.2 Å². The molecule has 2 aliphatic heterocycles. The van der Waals surface area contributed by atoms with Crippen molar-refractivity contribution in [3.8, 4) is 0 Å². The fourth-order valence-electron chi connectivity index (χ4n) is 4.98. The van der Waals surface area contributed by atoms with Crippen LogP contribution in [0.2, 0.25) is 0 Å². The van der Waals surface area contributed by atoms with Crippen LogP contribution in [0.1, 0.15) is 51.3 Å². The van der Waals surface area contributed by atoms with Gasteiger partial charge in [-0.3, -0.25) is 13.8 Å². The molecule has 198 valence electrons. The third-order valence-corrected chi connectivity index (χ3v) is 8.51. The average molecular weight is 539 g/mol. The third-order valence-electron chi connectivity index (χ3n) is 7.18. The Kier molecular flexibility index (Phi) is 7.02. The molecule has 3 aromatic rings. The van der Waals surface area contributed by atoms with Crippen molar-refractivity contribution in [3.63, 3.8) is 0 Å². The lowest BCUT2D eigenvalue weighted by atomic mass is 10.0. The summed E-state index contributed by atoms with van der Waals surface area (Å²) in [5.74, 6) is -2.26. The van der Waals surface area contributed by atoms with Gasteiger partial charge in [-0.25, -0.2) is 8.78 Å². The zero-order chi connectivity index (χ0) is 27.1. The lowest BCUT2D eigenvalue weighted by Crippen LogP contribution is -2.43. The Hall–Kier alpha value is -3.63. The maximum absolute atomic E-state index is 14.1. The molecule has 10 heteroatoms. The summed E-state index contributed by atoms with van der Waals surface area (Å²) in [4.78, 5) is 31.5. The van der Waals surface area contributed by atoms with Gasteiger partial charge in [0.05, 0.1) is 27.7 Å². The molecule has 1 fully saturated rings. The van der Waals surface area contributed by atoms with E-state index in [-0.39, 0.29) is 29.2 Å². The van der Waals surface area contributed by atoms with Crippen LogP contribution in [0.25, 0.3) is 11.6 Å². The van der Waals surface area contributed by atoms with Gasteiger partial charge in [-0.1, -0.05) is 6.07 Å². The summed E-state index contributed by atoms with van der Waals surface area (Å²) in [5, 5.41) is 2.79. The van der Waals surface area contributed by atoms with Crippen LogP contribution in [-0.2, 0) is 21.3 Å². The number of nitrogens with one attached hydrogen (secondary N) is 2. The molecule has 0 saturated carbocycles. The lowest BCUT2D eigenvalue weighted by molar-refractivity contribution is -0.110. The van der Waals surface area contributed by atoms with Crippen LogP contribution in [-0.4, -0.2) is 45.0 Å². The maximum Gasteiger partial charge on any atom is 0.256 e. The third kappa shape index (κ3) is 4.81. The first kappa shape index (κ1) is 26.0. The summed E-state index contributed by atoms with van der Waals surface area (Å²) in [6.07, 6.45) is 3.19. The van der Waals surface area contributed by atoms with Gasteiger partial charge in [0.2, 0.25) is 0 Å². The Morgan fingerprint density at radius 2 is 1.84 bits per heavy atom. The van der Waals surface area contributed by atoms with Crippen molar-refractivity contribution in [2.75, 3.05) is 18.4 Å². The van der Waals surface area contributed by atoms with E-state index in [4.69, 9.17) is 5.73 Å². The number of rotatable bonds is 5. The quantitative estimate of drug-likeness (QED) is 0.422. The molecule has 0 aliphatic carbocycles. The minimum atomic E-state index is -1.75. The van der Waals surface area contributed by atoms with E-state index >= 15 is 0 Å². The summed E-state index contributed by atoms with van der Waals surface area (Å²) in [7, 11) is -1.75. The zero-order valence-electron chi connectivity index (χ0n) is 21.1. The molecule has 38 heavy (non-hydrogen) atoms. The highest BCUT2D eigenvalue weighted by atomic mass is 32.2. The minimum Gasteiger partial charge on any atom is -0.358 e. The van der Waals surface area contributed by atoms with Crippen LogP contribution in [0, 0.1) is 25.5 Å². The Bertz CT molecular complexity index is 1490. The molecule has 5 rings (SSSR count). The van der Waals surface area contributed by atoms with Crippen LogP contribution in [0.15, 0.2) is 41.3 Å². The number of likely N-dealkylation sites (tertiary alicyclic amines) is 1. The highest BCUT2D eigenvalue weighted by molar-refractivity contribution is 7.84. The lowest BCUT2D eigenvalue weighted by Gasteiger charge is -2.30. The molecule has 1 aromatic heterocycles. The van der Waals surface area contributed by atoms with Gasteiger partial charge in [0.1, 0.15) is 11.6 Å². The number of carbonyl (C=O) groups excluding carboxylic acids is 2. The smallest absolute Gasteiger partial charge is 0.256 e. The van der Waals surface area contributed by atoms with Gasteiger partial charge >= 0.3 is 0 Å². The number of nitrogens with two attached hydrogens (primary N) is 1. The van der Waals surface area contributed by atoms with Gasteiger partial charge in [0.15, 0.2) is 0 Å². The molecule has 1 unspecified atom stereocenters. The topological polar surface area (TPSA) is 108 Å². The number of anilines is 1. The van der Waals surface area contributed by atoms with Crippen molar-refractivity contribution in [3.05, 3.63) is 81.7 Å². The van der Waals surface area contributed by atoms with Crippen LogP contribution < -0.4 is 11.1 Å². The van der Waals surface area contributed by atoms with E-state index in [0.29, 0.717) is 51.8 Å². The number of aromatic amines is 1. The minimum absolute atomic E-state index is 0.0675. The summed E-state index contributed by atoms with van der Waals surface area (Å²) >= 11 is 0. The number of hydrogen-bond donors (Lipinski definition) is 3. The normalized spacial score (nSPS) is 17.6. The van der Waals surface area contributed by atoms with Crippen LogP contribution in [0.5, 0.6) is 0 Å². The number of halogens is 2. The number of H-pyrrole nitrogens is 1. The standard InChI is InChI=1S/C28H28F2N4O3S/c1-15-25(32-16(2)26(15)28(36)34-10-8-17(31)9-11-34)13-20-19-12-18(6-7-24(19)33-27(20)35)38(37)14-21-22(29)4-3-5-23(21)30/h3-7,12-13,17,32H,8-11,14,31H2,1-2H3,(H,33,35)/b20-13-. The first-order valence-corrected chi connectivity index (χ1v) is 13.7. The second kappa shape index (κ2) is 10.3. The highest BCUT2D eigenvalue weighted by Gasteiger charge is 2.29. The Balaban J connectivity index is 1.45. The molecule has 0 bridgehead atoms. The summed E-state index contributed by atoms with van der Waals surface area (Å²) in [6, 6.07) is 8.42. The second-order valence-corrected chi connectivity index (χ2v) is 11.2. The summed E-state index contributed by atoms with van der Waals surface area (Å²) in [5.41, 5.74) is 9.77. The van der Waals surface area contributed by atoms with E-state index in [1.54, 1.807) is 29.2 Å². The molecule has 2 aromatic carbocycles. The van der Waals surface area contributed by atoms with Gasteiger partial charge in [-0.05, 0) is 68.7 Å². The SMILES string of the molecule is Cc1[nH]c(/C=C2\C(=O)Nc3ccc(S(=O)Cc4c(F)cccc4F)cc32)c(C)c1C(=O)N1CCC(N)CC1. The van der Waals surface area contributed by atoms with E-state index in [1.807, 2.05) is 13.8 Å². The van der Waals surface area contributed by atoms with Crippen LogP contribution >= 0.6 is 0 Å². The fraction of sp³-hybridized carbons (Fsp3) is 0.286. The molecule has 7 nitrogen and oxygen atoms in total. The van der Waals surface area contributed by atoms with E-state index in [2.05, 4.69) is 10.3 Å². The van der Waals surface area contributed by atoms with Crippen molar-refractivity contribution in [1.82, 2.24) is 9.88 Å². The van der Waals surface area contributed by atoms with Gasteiger partial charge < -0.3 is 20.9 Å². The molecular weight excluding hydrogens is 510 g/mol. The van der Waals surface area contributed by atoms with Crippen molar-refractivity contribution in [2.24, 2.45) is 5.73 Å². The molecule has 2 aliphatic rings. The zero-order valence-corrected chi connectivity index (χ0v) is 21.9. The number of aryl methyl sites for hydroxylation is 1. The molecule has 0 radical (unpaired) electrons. The number of piperidine rings is 1.